The number of benzene rings is 1. The van der Waals surface area contributed by atoms with E-state index >= 15 is 0 Å². The molecule has 110 valence electrons. The van der Waals surface area contributed by atoms with Crippen LogP contribution in [0, 0.1) is 0 Å². The maximum atomic E-state index is 11.3. The number of hydrogen-bond acceptors (Lipinski definition) is 5. The molecule has 0 saturated heterocycles. The predicted molar refractivity (Wildman–Crippen MR) is 81.2 cm³/mol. The van der Waals surface area contributed by atoms with Crippen LogP contribution < -0.4 is 9.47 Å². The van der Waals surface area contributed by atoms with E-state index in [0.717, 1.165) is 0 Å². The summed E-state index contributed by atoms with van der Waals surface area (Å²) < 4.78 is 10.6. The molecule has 0 bridgehead atoms. The number of nitrogens with zero attached hydrogens (tertiary/aromatic N) is 2. The standard InChI is InChI=1S/C15H14N2O4.Li.H/c1-20-14-13(15(18)19)12(8-16-17-14)21-11-4-2-3-10(7-11)9-5-6-9;;/h2-4,7-9H,5-6H2,1H3,(H,18,19);;. The zero-order chi connectivity index (χ0) is 14.8. The van der Waals surface area contributed by atoms with Crippen LogP contribution in [-0.4, -0.2) is 47.2 Å². The topological polar surface area (TPSA) is 81.5 Å². The van der Waals surface area contributed by atoms with Crippen molar-refractivity contribution in [3.05, 3.63) is 41.6 Å². The molecule has 2 aromatic rings. The molecule has 0 spiro atoms. The fraction of sp³-hybridized carbons (Fsp3) is 0.267. The molecule has 1 N–H and O–H groups in total. The molecule has 3 rings (SSSR count). The zero-order valence-electron chi connectivity index (χ0n) is 11.4. The quantitative estimate of drug-likeness (QED) is 0.851. The third kappa shape index (κ3) is 3.41. The van der Waals surface area contributed by atoms with Crippen molar-refractivity contribution in [3.8, 4) is 17.4 Å². The Morgan fingerprint density at radius 2 is 2.14 bits per heavy atom. The van der Waals surface area contributed by atoms with Gasteiger partial charge in [0.15, 0.2) is 11.3 Å². The van der Waals surface area contributed by atoms with Crippen LogP contribution in [0.2, 0.25) is 0 Å². The van der Waals surface area contributed by atoms with Gasteiger partial charge in [0.05, 0.1) is 13.3 Å². The van der Waals surface area contributed by atoms with Crippen LogP contribution in [0.3, 0.4) is 0 Å². The van der Waals surface area contributed by atoms with Crippen LogP contribution in [0.15, 0.2) is 30.5 Å². The Hall–Kier alpha value is -2.03. The monoisotopic (exact) mass is 294 g/mol. The van der Waals surface area contributed by atoms with Gasteiger partial charge in [0.25, 0.3) is 5.88 Å². The van der Waals surface area contributed by atoms with Gasteiger partial charge in [-0.15, -0.1) is 5.10 Å². The van der Waals surface area contributed by atoms with Gasteiger partial charge in [-0.2, -0.15) is 5.10 Å². The first kappa shape index (κ1) is 16.3. The van der Waals surface area contributed by atoms with E-state index in [9.17, 15) is 9.90 Å². The Morgan fingerprint density at radius 1 is 1.36 bits per heavy atom. The minimum atomic E-state index is -1.17. The SMILES string of the molecule is COc1nncc(Oc2cccc(C3CC3)c2)c1C(=O)O.[LiH]. The third-order valence-electron chi connectivity index (χ3n) is 3.33. The van der Waals surface area contributed by atoms with Crippen molar-refractivity contribution in [2.75, 3.05) is 7.11 Å². The van der Waals surface area contributed by atoms with Crippen molar-refractivity contribution in [3.63, 3.8) is 0 Å². The second kappa shape index (κ2) is 6.82. The van der Waals surface area contributed by atoms with E-state index in [1.54, 1.807) is 6.07 Å². The molecule has 22 heavy (non-hydrogen) atoms. The van der Waals surface area contributed by atoms with E-state index in [2.05, 4.69) is 10.2 Å². The Morgan fingerprint density at radius 3 is 2.77 bits per heavy atom. The second-order valence-corrected chi connectivity index (χ2v) is 4.85. The van der Waals surface area contributed by atoms with Gasteiger partial charge >= 0.3 is 24.8 Å². The molecule has 0 aliphatic heterocycles. The van der Waals surface area contributed by atoms with Crippen molar-refractivity contribution < 1.29 is 19.4 Å². The molecule has 1 fully saturated rings. The molecule has 1 saturated carbocycles. The Labute approximate surface area is 139 Å². The molecule has 0 unspecified atom stereocenters. The summed E-state index contributed by atoms with van der Waals surface area (Å²) in [6.45, 7) is 0. The first-order chi connectivity index (χ1) is 10.2. The number of carboxylic acid groups (broad SMARTS) is 1. The molecule has 1 aliphatic carbocycles. The molecule has 1 aromatic carbocycles. The van der Waals surface area contributed by atoms with E-state index in [1.807, 2.05) is 18.2 Å². The van der Waals surface area contributed by atoms with Gasteiger partial charge in [0, 0.05) is 0 Å². The van der Waals surface area contributed by atoms with Gasteiger partial charge in [-0.25, -0.2) is 4.79 Å². The average Bonchev–Trinajstić information content (AvgIpc) is 3.31. The summed E-state index contributed by atoms with van der Waals surface area (Å²) in [6, 6.07) is 7.66. The number of rotatable bonds is 5. The summed E-state index contributed by atoms with van der Waals surface area (Å²) >= 11 is 0. The number of carboxylic acids is 1. The van der Waals surface area contributed by atoms with Gasteiger partial charge in [0.2, 0.25) is 0 Å². The summed E-state index contributed by atoms with van der Waals surface area (Å²) in [6.07, 6.45) is 3.65. The molecule has 0 amide bonds. The summed E-state index contributed by atoms with van der Waals surface area (Å²) in [5, 5.41) is 16.6. The third-order valence-corrected chi connectivity index (χ3v) is 3.33. The van der Waals surface area contributed by atoms with E-state index in [0.29, 0.717) is 11.7 Å². The molecular formula is C15H15LiN2O4. The first-order valence-corrected chi connectivity index (χ1v) is 6.60. The van der Waals surface area contributed by atoms with Crippen LogP contribution in [0.1, 0.15) is 34.7 Å². The Kier molecular flexibility index (Phi) is 5.06. The van der Waals surface area contributed by atoms with Gasteiger partial charge in [0.1, 0.15) is 5.75 Å². The molecule has 0 atom stereocenters. The van der Waals surface area contributed by atoms with Gasteiger partial charge in [-0.3, -0.25) is 0 Å². The molecular weight excluding hydrogens is 279 g/mol. The average molecular weight is 294 g/mol. The predicted octanol–water partition coefficient (Wildman–Crippen LogP) is 2.20. The fourth-order valence-corrected chi connectivity index (χ4v) is 2.15. The Bertz CT molecular complexity index is 689. The molecule has 1 heterocycles. The van der Waals surface area contributed by atoms with E-state index in [-0.39, 0.29) is 36.1 Å². The van der Waals surface area contributed by atoms with Crippen molar-refractivity contribution >= 4 is 24.8 Å². The van der Waals surface area contributed by atoms with Gasteiger partial charge in [-0.05, 0) is 36.5 Å². The Balaban J connectivity index is 0.00000176. The fourth-order valence-electron chi connectivity index (χ4n) is 2.15. The van der Waals surface area contributed by atoms with Gasteiger partial charge in [-0.1, -0.05) is 12.1 Å². The second-order valence-electron chi connectivity index (χ2n) is 4.85. The number of aromatic nitrogens is 2. The number of aromatic carboxylic acids is 1. The van der Waals surface area contributed by atoms with E-state index < -0.39 is 5.97 Å². The van der Waals surface area contributed by atoms with Crippen molar-refractivity contribution in [1.82, 2.24) is 10.2 Å². The van der Waals surface area contributed by atoms with Crippen LogP contribution in [0.25, 0.3) is 0 Å². The molecule has 1 aromatic heterocycles. The molecule has 7 heteroatoms. The summed E-state index contributed by atoms with van der Waals surface area (Å²) in [5.41, 5.74) is 1.07. The molecule has 0 radical (unpaired) electrons. The van der Waals surface area contributed by atoms with Crippen molar-refractivity contribution in [1.29, 1.82) is 0 Å². The summed E-state index contributed by atoms with van der Waals surface area (Å²) in [4.78, 5) is 11.3. The van der Waals surface area contributed by atoms with Crippen LogP contribution in [-0.2, 0) is 0 Å². The molecule has 6 nitrogen and oxygen atoms in total. The number of methoxy groups -OCH3 is 1. The van der Waals surface area contributed by atoms with E-state index in [1.165, 1.54) is 31.7 Å². The molecule has 1 aliphatic rings. The summed E-state index contributed by atoms with van der Waals surface area (Å²) in [5.74, 6) is 0.0466. The number of carbonyl (C=O) groups is 1. The van der Waals surface area contributed by atoms with Crippen molar-refractivity contribution in [2.24, 2.45) is 0 Å². The summed E-state index contributed by atoms with van der Waals surface area (Å²) in [7, 11) is 1.34. The van der Waals surface area contributed by atoms with Crippen LogP contribution >= 0.6 is 0 Å². The number of ether oxygens (including phenoxy) is 2. The first-order valence-electron chi connectivity index (χ1n) is 6.60. The van der Waals surface area contributed by atoms with Crippen LogP contribution in [0.5, 0.6) is 17.4 Å². The van der Waals surface area contributed by atoms with Crippen molar-refractivity contribution in [2.45, 2.75) is 18.8 Å². The normalized spacial score (nSPS) is 13.1. The van der Waals surface area contributed by atoms with E-state index in [4.69, 9.17) is 9.47 Å². The zero-order valence-corrected chi connectivity index (χ0v) is 11.4. The maximum absolute atomic E-state index is 11.3. The minimum absolute atomic E-state index is 0. The van der Waals surface area contributed by atoms with Gasteiger partial charge < -0.3 is 14.6 Å². The number of hydrogen-bond donors (Lipinski definition) is 1. The van der Waals surface area contributed by atoms with Crippen LogP contribution in [0.4, 0.5) is 0 Å².